The molecule has 11 nitrogen and oxygen atoms in total. The van der Waals surface area contributed by atoms with Gasteiger partial charge in [-0.2, -0.15) is 0 Å². The molecule has 10 atom stereocenters. The molecule has 3 aliphatic carbocycles. The van der Waals surface area contributed by atoms with Gasteiger partial charge in [-0.15, -0.1) is 0 Å². The lowest BCUT2D eigenvalue weighted by atomic mass is 9.49. The highest BCUT2D eigenvalue weighted by molar-refractivity contribution is 5.68. The Morgan fingerprint density at radius 2 is 1.62 bits per heavy atom. The van der Waals surface area contributed by atoms with E-state index in [0.29, 0.717) is 5.57 Å². The van der Waals surface area contributed by atoms with Crippen LogP contribution in [-0.4, -0.2) is 92.8 Å². The van der Waals surface area contributed by atoms with Gasteiger partial charge in [0, 0.05) is 32.6 Å². The molecule has 4 N–H and O–H groups in total. The number of carbonyl (C=O) groups is 3. The fourth-order valence-corrected chi connectivity index (χ4v) is 7.78. The Labute approximate surface area is 215 Å². The normalized spacial score (nSPS) is 45.0. The van der Waals surface area contributed by atoms with Crippen LogP contribution in [0.15, 0.2) is 11.1 Å². The van der Waals surface area contributed by atoms with Crippen LogP contribution in [0.5, 0.6) is 0 Å². The Morgan fingerprint density at radius 3 is 2.08 bits per heavy atom. The highest BCUT2D eigenvalue weighted by Crippen LogP contribution is 2.68. The lowest BCUT2D eigenvalue weighted by molar-refractivity contribution is -0.352. The second kappa shape index (κ2) is 8.74. The van der Waals surface area contributed by atoms with E-state index in [1.165, 1.54) is 34.6 Å². The third kappa shape index (κ3) is 3.69. The van der Waals surface area contributed by atoms with Crippen LogP contribution in [0.25, 0.3) is 0 Å². The van der Waals surface area contributed by atoms with Crippen molar-refractivity contribution >= 4 is 17.9 Å². The Kier molecular flexibility index (Phi) is 6.61. The predicted octanol–water partition coefficient (Wildman–Crippen LogP) is 0.151. The number of hydrogen-bond acceptors (Lipinski definition) is 11. The number of rotatable bonds is 4. The number of esters is 3. The summed E-state index contributed by atoms with van der Waals surface area (Å²) >= 11 is 0. The van der Waals surface area contributed by atoms with Crippen molar-refractivity contribution in [3.05, 3.63) is 11.1 Å². The van der Waals surface area contributed by atoms with E-state index in [0.717, 1.165) is 0 Å². The molecule has 0 aromatic rings. The van der Waals surface area contributed by atoms with Crippen LogP contribution in [0.2, 0.25) is 0 Å². The minimum Gasteiger partial charge on any atom is -0.462 e. The molecule has 0 aromatic heterocycles. The van der Waals surface area contributed by atoms with Gasteiger partial charge >= 0.3 is 17.9 Å². The van der Waals surface area contributed by atoms with E-state index in [4.69, 9.17) is 18.9 Å². The third-order valence-electron chi connectivity index (χ3n) is 9.34. The lowest BCUT2D eigenvalue weighted by Crippen LogP contribution is -2.79. The molecular formula is C26H38O11. The monoisotopic (exact) mass is 526 g/mol. The smallest absolute Gasteiger partial charge is 0.303 e. The van der Waals surface area contributed by atoms with Crippen LogP contribution < -0.4 is 0 Å². The third-order valence-corrected chi connectivity index (χ3v) is 9.34. The highest BCUT2D eigenvalue weighted by atomic mass is 16.6. The Hall–Kier alpha value is -2.05. The van der Waals surface area contributed by atoms with Crippen LogP contribution in [-0.2, 0) is 33.3 Å². The minimum absolute atomic E-state index is 0.0482. The van der Waals surface area contributed by atoms with Gasteiger partial charge in [-0.25, -0.2) is 0 Å². The van der Waals surface area contributed by atoms with Crippen molar-refractivity contribution in [1.29, 1.82) is 0 Å². The largest absolute Gasteiger partial charge is 0.462 e. The first kappa shape index (κ1) is 28.0. The summed E-state index contributed by atoms with van der Waals surface area (Å²) in [7, 11) is 0. The molecule has 0 spiro atoms. The average molecular weight is 527 g/mol. The van der Waals surface area contributed by atoms with Crippen molar-refractivity contribution in [2.45, 2.75) is 109 Å². The summed E-state index contributed by atoms with van der Waals surface area (Å²) in [6.07, 6.45) is -7.61. The summed E-state index contributed by atoms with van der Waals surface area (Å²) in [5.41, 5.74) is -5.80. The summed E-state index contributed by atoms with van der Waals surface area (Å²) in [5, 5.41) is 46.3. The van der Waals surface area contributed by atoms with Crippen LogP contribution in [0.3, 0.4) is 0 Å². The van der Waals surface area contributed by atoms with Gasteiger partial charge in [-0.05, 0) is 38.3 Å². The van der Waals surface area contributed by atoms with E-state index in [1.807, 2.05) is 0 Å². The minimum atomic E-state index is -1.71. The molecule has 4 rings (SSSR count). The summed E-state index contributed by atoms with van der Waals surface area (Å²) < 4.78 is 23.4. The second-order valence-electron chi connectivity index (χ2n) is 11.8. The van der Waals surface area contributed by atoms with Crippen LogP contribution in [0.4, 0.5) is 0 Å². The van der Waals surface area contributed by atoms with Crippen molar-refractivity contribution < 1.29 is 53.8 Å². The van der Waals surface area contributed by atoms with Crippen molar-refractivity contribution in [3.63, 3.8) is 0 Å². The molecule has 0 radical (unpaired) electrons. The molecule has 1 heterocycles. The molecule has 0 aromatic carbocycles. The predicted molar refractivity (Wildman–Crippen MR) is 126 cm³/mol. The van der Waals surface area contributed by atoms with E-state index in [-0.39, 0.29) is 25.0 Å². The number of hydrogen-bond donors (Lipinski definition) is 4. The van der Waals surface area contributed by atoms with E-state index in [9.17, 15) is 34.8 Å². The topological polar surface area (TPSA) is 169 Å². The van der Waals surface area contributed by atoms with E-state index >= 15 is 0 Å². The molecule has 11 heteroatoms. The second-order valence-corrected chi connectivity index (χ2v) is 11.8. The maximum Gasteiger partial charge on any atom is 0.303 e. The van der Waals surface area contributed by atoms with Gasteiger partial charge in [0.05, 0.1) is 35.7 Å². The fraction of sp³-hybridized carbons (Fsp3) is 0.808. The molecule has 3 fully saturated rings. The number of aliphatic hydroxyl groups excluding tert-OH is 3. The lowest BCUT2D eigenvalue weighted by Gasteiger charge is -2.65. The maximum absolute atomic E-state index is 12.6. The van der Waals surface area contributed by atoms with E-state index in [1.54, 1.807) is 13.8 Å². The van der Waals surface area contributed by atoms with Crippen LogP contribution >= 0.6 is 0 Å². The van der Waals surface area contributed by atoms with Crippen LogP contribution in [0.1, 0.15) is 61.3 Å². The summed E-state index contributed by atoms with van der Waals surface area (Å²) in [6, 6.07) is 0. The number of fused-ring (bicyclic) bond motifs is 4. The first-order valence-corrected chi connectivity index (χ1v) is 12.6. The van der Waals surface area contributed by atoms with Gasteiger partial charge in [0.2, 0.25) is 0 Å². The van der Waals surface area contributed by atoms with Gasteiger partial charge < -0.3 is 39.4 Å². The number of aliphatic hydroxyl groups is 4. The number of carbonyl (C=O) groups excluding carboxylic acids is 3. The Balaban J connectivity index is 2.12. The van der Waals surface area contributed by atoms with Crippen LogP contribution in [0, 0.1) is 16.7 Å². The molecular weight excluding hydrogens is 488 g/mol. The summed E-state index contributed by atoms with van der Waals surface area (Å²) in [6.45, 7) is 9.68. The van der Waals surface area contributed by atoms with E-state index < -0.39 is 82.5 Å². The van der Waals surface area contributed by atoms with Gasteiger partial charge in [0.15, 0.2) is 5.60 Å². The molecule has 1 saturated heterocycles. The number of ether oxygens (including phenoxy) is 4. The first-order valence-electron chi connectivity index (χ1n) is 12.6. The Bertz CT molecular complexity index is 1030. The van der Waals surface area contributed by atoms with Gasteiger partial charge in [-0.3, -0.25) is 14.4 Å². The Morgan fingerprint density at radius 1 is 1.03 bits per heavy atom. The van der Waals surface area contributed by atoms with Gasteiger partial charge in [0.1, 0.15) is 24.4 Å². The quantitative estimate of drug-likeness (QED) is 0.223. The molecule has 10 unspecified atom stereocenters. The van der Waals surface area contributed by atoms with Crippen molar-refractivity contribution in [2.75, 3.05) is 6.61 Å². The van der Waals surface area contributed by atoms with Crippen molar-refractivity contribution in [1.82, 2.24) is 0 Å². The molecule has 2 saturated carbocycles. The SMILES string of the molecule is CC(=O)OC1CC2OCC2(OC(C)=O)C2C(OC(C)=O)C3(C(C)(C)O)CC(O)C(C)=C3C(O)C(O)C12C. The molecule has 208 valence electrons. The first-order chi connectivity index (χ1) is 16.9. The fourth-order valence-electron chi connectivity index (χ4n) is 7.78. The highest BCUT2D eigenvalue weighted by Gasteiger charge is 2.79. The standard InChI is InChI=1S/C26H38O11/c1-11-15(30)9-25(23(5,6)33)18(11)19(31)21(32)24(7)16(35-12(2)27)8-17-26(10-34-17,37-14(4)29)20(24)22(25)36-13(3)28/h15-17,19-22,30-33H,8-10H2,1-7H3. The van der Waals surface area contributed by atoms with Gasteiger partial charge in [0.25, 0.3) is 0 Å². The molecule has 0 amide bonds. The molecule has 4 aliphatic rings. The molecule has 0 bridgehead atoms. The zero-order valence-electron chi connectivity index (χ0n) is 22.3. The summed E-state index contributed by atoms with van der Waals surface area (Å²) in [5.74, 6) is -3.11. The van der Waals surface area contributed by atoms with Gasteiger partial charge in [-0.1, -0.05) is 6.92 Å². The molecule has 1 aliphatic heterocycles. The zero-order chi connectivity index (χ0) is 27.9. The summed E-state index contributed by atoms with van der Waals surface area (Å²) in [4.78, 5) is 37.2. The maximum atomic E-state index is 12.6. The van der Waals surface area contributed by atoms with E-state index in [2.05, 4.69) is 0 Å². The van der Waals surface area contributed by atoms with Crippen molar-refractivity contribution in [2.24, 2.45) is 16.7 Å². The molecule has 37 heavy (non-hydrogen) atoms. The zero-order valence-corrected chi connectivity index (χ0v) is 22.3. The van der Waals surface area contributed by atoms with Crippen molar-refractivity contribution in [3.8, 4) is 0 Å². The average Bonchev–Trinajstić information content (AvgIpc) is 2.99.